The Morgan fingerprint density at radius 1 is 1.07 bits per heavy atom. The van der Waals surface area contributed by atoms with Crippen molar-refractivity contribution < 1.29 is 22.7 Å². The summed E-state index contributed by atoms with van der Waals surface area (Å²) in [5.41, 5.74) is 0.372. The van der Waals surface area contributed by atoms with E-state index in [0.717, 1.165) is 0 Å². The fourth-order valence-electron chi connectivity index (χ4n) is 2.69. The van der Waals surface area contributed by atoms with E-state index in [2.05, 4.69) is 20.3 Å². The van der Waals surface area contributed by atoms with Gasteiger partial charge in [-0.1, -0.05) is 6.07 Å². The maximum Gasteiger partial charge on any atom is 0.422 e. The Bertz CT molecular complexity index is 782. The molecule has 1 aliphatic heterocycles. The van der Waals surface area contributed by atoms with Crippen molar-refractivity contribution in [3.63, 3.8) is 0 Å². The number of nitrogens with one attached hydrogen (secondary N) is 1. The number of hydrogen-bond donors (Lipinski definition) is 1. The highest BCUT2D eigenvalue weighted by molar-refractivity contribution is 5.74. The number of anilines is 1. The molecule has 0 spiro atoms. The molecule has 1 aliphatic rings. The topological polar surface area (TPSA) is 83.5 Å². The molecule has 150 valence electrons. The summed E-state index contributed by atoms with van der Waals surface area (Å²) in [4.78, 5) is 28.2. The number of rotatable bonds is 5. The average Bonchev–Trinajstić information content (AvgIpc) is 2.71. The summed E-state index contributed by atoms with van der Waals surface area (Å²) in [5.74, 6) is 0.468. The first-order valence-corrected chi connectivity index (χ1v) is 8.60. The third-order valence-electron chi connectivity index (χ3n) is 4.05. The second-order valence-electron chi connectivity index (χ2n) is 6.05. The number of hydrogen-bond acceptors (Lipinski definition) is 6. The molecule has 3 heterocycles. The van der Waals surface area contributed by atoms with Crippen molar-refractivity contribution in [1.82, 2.24) is 25.2 Å². The van der Waals surface area contributed by atoms with Gasteiger partial charge in [-0.15, -0.1) is 0 Å². The molecule has 1 saturated heterocycles. The van der Waals surface area contributed by atoms with E-state index in [-0.39, 0.29) is 18.5 Å². The largest absolute Gasteiger partial charge is 0.468 e. The molecule has 2 amide bonds. The molecule has 2 aromatic rings. The van der Waals surface area contributed by atoms with Gasteiger partial charge in [0.2, 0.25) is 11.8 Å². The van der Waals surface area contributed by atoms with Gasteiger partial charge in [0.15, 0.2) is 6.61 Å². The molecule has 1 fully saturated rings. The molecule has 2 aromatic heterocycles. The molecular formula is C17H19F3N6O2. The van der Waals surface area contributed by atoms with E-state index in [9.17, 15) is 18.0 Å². The first-order chi connectivity index (χ1) is 13.4. The number of carbonyl (C=O) groups excluding carboxylic acids is 1. The summed E-state index contributed by atoms with van der Waals surface area (Å²) in [7, 11) is 0. The molecule has 0 aliphatic carbocycles. The molecule has 11 heteroatoms. The Hall–Kier alpha value is -3.11. The molecule has 0 bridgehead atoms. The van der Waals surface area contributed by atoms with Crippen molar-refractivity contribution in [3.05, 3.63) is 42.4 Å². The standard InChI is InChI=1S/C17H19F3N6O2/c18-17(19,20)12-28-14-13(3-1-4-21-14)11-24-16(27)26-9-7-25(8-10-26)15-22-5-2-6-23-15/h1-6H,7-12H2,(H,24,27). The number of nitrogens with zero attached hydrogens (tertiary/aromatic N) is 5. The van der Waals surface area contributed by atoms with Gasteiger partial charge in [-0.05, 0) is 12.1 Å². The molecule has 0 radical (unpaired) electrons. The number of halogens is 3. The maximum absolute atomic E-state index is 12.4. The maximum atomic E-state index is 12.4. The SMILES string of the molecule is O=C(NCc1cccnc1OCC(F)(F)F)N1CCN(c2ncccn2)CC1. The molecular weight excluding hydrogens is 377 g/mol. The predicted octanol–water partition coefficient (Wildman–Crippen LogP) is 1.84. The van der Waals surface area contributed by atoms with Crippen molar-refractivity contribution >= 4 is 12.0 Å². The highest BCUT2D eigenvalue weighted by Gasteiger charge is 2.29. The zero-order chi connectivity index (χ0) is 20.0. The van der Waals surface area contributed by atoms with Crippen LogP contribution < -0.4 is 15.0 Å². The van der Waals surface area contributed by atoms with E-state index >= 15 is 0 Å². The zero-order valence-corrected chi connectivity index (χ0v) is 14.9. The van der Waals surface area contributed by atoms with E-state index in [1.54, 1.807) is 35.5 Å². The predicted molar refractivity (Wildman–Crippen MR) is 93.8 cm³/mol. The quantitative estimate of drug-likeness (QED) is 0.831. The summed E-state index contributed by atoms with van der Waals surface area (Å²) in [6, 6.07) is 4.56. The van der Waals surface area contributed by atoms with Gasteiger partial charge in [-0.2, -0.15) is 13.2 Å². The van der Waals surface area contributed by atoms with Crippen LogP contribution in [0.4, 0.5) is 23.9 Å². The van der Waals surface area contributed by atoms with Gasteiger partial charge >= 0.3 is 12.2 Å². The van der Waals surface area contributed by atoms with Gasteiger partial charge < -0.3 is 19.9 Å². The van der Waals surface area contributed by atoms with Crippen LogP contribution >= 0.6 is 0 Å². The molecule has 0 unspecified atom stereocenters. The molecule has 0 aromatic carbocycles. The highest BCUT2D eigenvalue weighted by atomic mass is 19.4. The van der Waals surface area contributed by atoms with Crippen LogP contribution in [0.2, 0.25) is 0 Å². The van der Waals surface area contributed by atoms with Crippen LogP contribution in [-0.4, -0.2) is 64.8 Å². The fraction of sp³-hybridized carbons (Fsp3) is 0.412. The normalized spacial score (nSPS) is 14.7. The van der Waals surface area contributed by atoms with Crippen molar-refractivity contribution in [2.24, 2.45) is 0 Å². The molecule has 0 atom stereocenters. The molecule has 8 nitrogen and oxygen atoms in total. The molecule has 0 saturated carbocycles. The second kappa shape index (κ2) is 8.72. The summed E-state index contributed by atoms with van der Waals surface area (Å²) >= 11 is 0. The van der Waals surface area contributed by atoms with Crippen LogP contribution in [0.5, 0.6) is 5.88 Å². The summed E-state index contributed by atoms with van der Waals surface area (Å²) in [6.07, 6.45) is 0.198. The first kappa shape index (κ1) is 19.6. The summed E-state index contributed by atoms with van der Waals surface area (Å²) in [5, 5.41) is 2.70. The van der Waals surface area contributed by atoms with Gasteiger partial charge in [-0.3, -0.25) is 0 Å². The van der Waals surface area contributed by atoms with E-state index < -0.39 is 12.8 Å². The minimum absolute atomic E-state index is 0.0157. The Labute approximate surface area is 159 Å². The first-order valence-electron chi connectivity index (χ1n) is 8.60. The van der Waals surface area contributed by atoms with Crippen LogP contribution in [0.15, 0.2) is 36.8 Å². The van der Waals surface area contributed by atoms with Gasteiger partial charge in [-0.25, -0.2) is 19.7 Å². The van der Waals surface area contributed by atoms with E-state index in [4.69, 9.17) is 4.74 Å². The van der Waals surface area contributed by atoms with E-state index in [1.165, 1.54) is 6.20 Å². The Morgan fingerprint density at radius 2 is 1.75 bits per heavy atom. The number of alkyl halides is 3. The van der Waals surface area contributed by atoms with Crippen molar-refractivity contribution in [1.29, 1.82) is 0 Å². The van der Waals surface area contributed by atoms with Crippen molar-refractivity contribution in [2.75, 3.05) is 37.7 Å². The Morgan fingerprint density at radius 3 is 2.43 bits per heavy atom. The summed E-state index contributed by atoms with van der Waals surface area (Å²) in [6.45, 7) is 0.716. The number of amides is 2. The Kier molecular flexibility index (Phi) is 6.12. The minimum atomic E-state index is -4.46. The molecule has 3 rings (SSSR count). The van der Waals surface area contributed by atoms with Crippen LogP contribution in [-0.2, 0) is 6.54 Å². The lowest BCUT2D eigenvalue weighted by atomic mass is 10.2. The lowest BCUT2D eigenvalue weighted by Crippen LogP contribution is -2.52. The van der Waals surface area contributed by atoms with Crippen LogP contribution in [0, 0.1) is 0 Å². The van der Waals surface area contributed by atoms with Crippen molar-refractivity contribution in [2.45, 2.75) is 12.7 Å². The van der Waals surface area contributed by atoms with Gasteiger partial charge in [0, 0.05) is 56.9 Å². The minimum Gasteiger partial charge on any atom is -0.468 e. The van der Waals surface area contributed by atoms with Gasteiger partial charge in [0.25, 0.3) is 0 Å². The number of pyridine rings is 1. The highest BCUT2D eigenvalue weighted by Crippen LogP contribution is 2.20. The van der Waals surface area contributed by atoms with Gasteiger partial charge in [0.1, 0.15) is 0 Å². The van der Waals surface area contributed by atoms with Crippen molar-refractivity contribution in [3.8, 4) is 5.88 Å². The third-order valence-corrected chi connectivity index (χ3v) is 4.05. The number of piperazine rings is 1. The number of urea groups is 1. The third kappa shape index (κ3) is 5.44. The number of carbonyl (C=O) groups is 1. The second-order valence-corrected chi connectivity index (χ2v) is 6.05. The number of ether oxygens (including phenoxy) is 1. The van der Waals surface area contributed by atoms with Crippen LogP contribution in [0.3, 0.4) is 0 Å². The summed E-state index contributed by atoms with van der Waals surface area (Å²) < 4.78 is 41.7. The molecule has 1 N–H and O–H groups in total. The monoisotopic (exact) mass is 396 g/mol. The Balaban J connectivity index is 1.50. The van der Waals surface area contributed by atoms with E-state index in [1.807, 2.05) is 4.90 Å². The zero-order valence-electron chi connectivity index (χ0n) is 14.9. The van der Waals surface area contributed by atoms with Gasteiger partial charge in [0.05, 0.1) is 0 Å². The number of aromatic nitrogens is 3. The molecule has 28 heavy (non-hydrogen) atoms. The van der Waals surface area contributed by atoms with Crippen LogP contribution in [0.1, 0.15) is 5.56 Å². The fourth-order valence-corrected chi connectivity index (χ4v) is 2.69. The smallest absolute Gasteiger partial charge is 0.422 e. The lowest BCUT2D eigenvalue weighted by Gasteiger charge is -2.34. The van der Waals surface area contributed by atoms with Crippen LogP contribution in [0.25, 0.3) is 0 Å². The average molecular weight is 396 g/mol. The van der Waals surface area contributed by atoms with E-state index in [0.29, 0.717) is 37.7 Å². The lowest BCUT2D eigenvalue weighted by molar-refractivity contribution is -0.154.